The fourth-order valence-corrected chi connectivity index (χ4v) is 2.28. The molecule has 2 aromatic carbocycles. The van der Waals surface area contributed by atoms with Crippen LogP contribution in [0.1, 0.15) is 35.8 Å². The van der Waals surface area contributed by atoms with Crippen molar-refractivity contribution in [1.29, 1.82) is 0 Å². The number of hydrogen-bond acceptors (Lipinski definition) is 4. The van der Waals surface area contributed by atoms with E-state index in [9.17, 15) is 18.4 Å². The van der Waals surface area contributed by atoms with Gasteiger partial charge in [0.1, 0.15) is 17.4 Å². The molecule has 2 rings (SSSR count). The third-order valence-corrected chi connectivity index (χ3v) is 3.54. The first kappa shape index (κ1) is 19.4. The van der Waals surface area contributed by atoms with Crippen molar-refractivity contribution in [1.82, 2.24) is 5.32 Å². The van der Waals surface area contributed by atoms with E-state index in [-0.39, 0.29) is 11.1 Å². The Morgan fingerprint density at radius 2 is 1.81 bits per heavy atom. The molecule has 1 N–H and O–H groups in total. The lowest BCUT2D eigenvalue weighted by molar-refractivity contribution is -0.124. The van der Waals surface area contributed by atoms with Crippen molar-refractivity contribution in [3.05, 3.63) is 65.2 Å². The number of amides is 1. The van der Waals surface area contributed by atoms with Crippen LogP contribution in [0.15, 0.2) is 42.5 Å². The Balaban J connectivity index is 1.86. The quantitative estimate of drug-likeness (QED) is 0.766. The second kappa shape index (κ2) is 8.94. The number of benzene rings is 2. The van der Waals surface area contributed by atoms with E-state index in [1.807, 2.05) is 6.92 Å². The van der Waals surface area contributed by atoms with E-state index in [2.05, 4.69) is 5.32 Å². The summed E-state index contributed by atoms with van der Waals surface area (Å²) in [7, 11) is 0. The summed E-state index contributed by atoms with van der Waals surface area (Å²) in [5.74, 6) is -2.10. The largest absolute Gasteiger partial charge is 0.494 e. The van der Waals surface area contributed by atoms with E-state index in [0.717, 1.165) is 12.1 Å². The van der Waals surface area contributed by atoms with E-state index >= 15 is 0 Å². The topological polar surface area (TPSA) is 64.6 Å². The van der Waals surface area contributed by atoms with Crippen molar-refractivity contribution < 1.29 is 27.8 Å². The maximum Gasteiger partial charge on any atom is 0.338 e. The zero-order valence-electron chi connectivity index (χ0n) is 14.4. The standard InChI is InChI=1S/C19H19F2NO4/c1-3-25-15-7-4-13(5-8-15)19(24)26-11-18(23)22-12(2)16-9-6-14(20)10-17(16)21/h4-10,12H,3,11H2,1-2H3,(H,22,23)/t12-/m1/s1. The van der Waals surface area contributed by atoms with Gasteiger partial charge in [0, 0.05) is 11.6 Å². The highest BCUT2D eigenvalue weighted by molar-refractivity contribution is 5.91. The molecular formula is C19H19F2NO4. The predicted molar refractivity (Wildman–Crippen MR) is 90.8 cm³/mol. The van der Waals surface area contributed by atoms with Crippen LogP contribution < -0.4 is 10.1 Å². The molecule has 1 amide bonds. The van der Waals surface area contributed by atoms with Gasteiger partial charge in [0.15, 0.2) is 6.61 Å². The van der Waals surface area contributed by atoms with Crippen LogP contribution in [-0.2, 0) is 9.53 Å². The molecule has 0 aliphatic carbocycles. The summed E-state index contributed by atoms with van der Waals surface area (Å²) in [5.41, 5.74) is 0.413. The molecule has 0 heterocycles. The van der Waals surface area contributed by atoms with Crippen LogP contribution in [0.2, 0.25) is 0 Å². The highest BCUT2D eigenvalue weighted by Crippen LogP contribution is 2.17. The summed E-state index contributed by atoms with van der Waals surface area (Å²) in [5, 5.41) is 2.49. The third kappa shape index (κ3) is 5.27. The van der Waals surface area contributed by atoms with Crippen LogP contribution in [0, 0.1) is 11.6 Å². The van der Waals surface area contributed by atoms with Gasteiger partial charge in [-0.1, -0.05) is 6.07 Å². The second-order valence-electron chi connectivity index (χ2n) is 5.49. The monoisotopic (exact) mass is 363 g/mol. The van der Waals surface area contributed by atoms with Gasteiger partial charge in [0.2, 0.25) is 0 Å². The predicted octanol–water partition coefficient (Wildman–Crippen LogP) is 3.40. The van der Waals surface area contributed by atoms with Gasteiger partial charge >= 0.3 is 5.97 Å². The van der Waals surface area contributed by atoms with Gasteiger partial charge < -0.3 is 14.8 Å². The number of carbonyl (C=O) groups is 2. The molecule has 0 spiro atoms. The SMILES string of the molecule is CCOc1ccc(C(=O)OCC(=O)N[C@H](C)c2ccc(F)cc2F)cc1. The van der Waals surface area contributed by atoms with Crippen molar-refractivity contribution in [3.8, 4) is 5.75 Å². The van der Waals surface area contributed by atoms with Gasteiger partial charge in [-0.15, -0.1) is 0 Å². The number of hydrogen-bond donors (Lipinski definition) is 1. The van der Waals surface area contributed by atoms with E-state index in [1.54, 1.807) is 19.1 Å². The van der Waals surface area contributed by atoms with Crippen molar-refractivity contribution in [3.63, 3.8) is 0 Å². The summed E-state index contributed by atoms with van der Waals surface area (Å²) < 4.78 is 36.8. The Bertz CT molecular complexity index is 778. The number of halogens is 2. The first-order valence-corrected chi connectivity index (χ1v) is 8.05. The molecule has 0 bridgehead atoms. The molecule has 1 atom stereocenters. The molecule has 0 aliphatic heterocycles. The average molecular weight is 363 g/mol. The molecule has 5 nitrogen and oxygen atoms in total. The number of carbonyl (C=O) groups excluding carboxylic acids is 2. The van der Waals surface area contributed by atoms with E-state index < -0.39 is 36.2 Å². The minimum absolute atomic E-state index is 0.137. The van der Waals surface area contributed by atoms with Crippen molar-refractivity contribution in [2.24, 2.45) is 0 Å². The van der Waals surface area contributed by atoms with Crippen LogP contribution in [0.3, 0.4) is 0 Å². The fourth-order valence-electron chi connectivity index (χ4n) is 2.28. The van der Waals surface area contributed by atoms with Crippen molar-refractivity contribution in [2.75, 3.05) is 13.2 Å². The minimum Gasteiger partial charge on any atom is -0.494 e. The van der Waals surface area contributed by atoms with Gasteiger partial charge in [-0.25, -0.2) is 13.6 Å². The first-order chi connectivity index (χ1) is 12.4. The highest BCUT2D eigenvalue weighted by atomic mass is 19.1. The number of rotatable bonds is 7. The summed E-state index contributed by atoms with van der Waals surface area (Å²) in [6.07, 6.45) is 0. The second-order valence-corrected chi connectivity index (χ2v) is 5.49. The third-order valence-electron chi connectivity index (χ3n) is 3.54. The normalized spacial score (nSPS) is 11.5. The van der Waals surface area contributed by atoms with Gasteiger partial charge in [-0.05, 0) is 44.2 Å². The molecule has 26 heavy (non-hydrogen) atoms. The number of esters is 1. The Morgan fingerprint density at radius 1 is 1.12 bits per heavy atom. The lowest BCUT2D eigenvalue weighted by Crippen LogP contribution is -2.31. The van der Waals surface area contributed by atoms with Gasteiger partial charge in [0.25, 0.3) is 5.91 Å². The molecule has 0 aromatic heterocycles. The molecular weight excluding hydrogens is 344 g/mol. The average Bonchev–Trinajstić information content (AvgIpc) is 2.60. The summed E-state index contributed by atoms with van der Waals surface area (Å²) in [6.45, 7) is 3.39. The maximum absolute atomic E-state index is 13.7. The lowest BCUT2D eigenvalue weighted by atomic mass is 10.1. The van der Waals surface area contributed by atoms with Crippen molar-refractivity contribution in [2.45, 2.75) is 19.9 Å². The van der Waals surface area contributed by atoms with Gasteiger partial charge in [-0.2, -0.15) is 0 Å². The number of nitrogens with one attached hydrogen (secondary N) is 1. The fraction of sp³-hybridized carbons (Fsp3) is 0.263. The highest BCUT2D eigenvalue weighted by Gasteiger charge is 2.16. The van der Waals surface area contributed by atoms with E-state index in [0.29, 0.717) is 12.4 Å². The molecule has 0 saturated heterocycles. The number of ether oxygens (including phenoxy) is 2. The Morgan fingerprint density at radius 3 is 2.42 bits per heavy atom. The maximum atomic E-state index is 13.7. The molecule has 7 heteroatoms. The van der Waals surface area contributed by atoms with Gasteiger partial charge in [-0.3, -0.25) is 4.79 Å². The molecule has 0 fully saturated rings. The van der Waals surface area contributed by atoms with Crippen molar-refractivity contribution >= 4 is 11.9 Å². The Hall–Kier alpha value is -2.96. The summed E-state index contributed by atoms with van der Waals surface area (Å²) in [4.78, 5) is 23.8. The van der Waals surface area contributed by atoms with E-state index in [1.165, 1.54) is 18.2 Å². The molecule has 2 aromatic rings. The summed E-state index contributed by atoms with van der Waals surface area (Å²) >= 11 is 0. The van der Waals surface area contributed by atoms with Gasteiger partial charge in [0.05, 0.1) is 18.2 Å². The molecule has 0 unspecified atom stereocenters. The van der Waals surface area contributed by atoms with Crippen LogP contribution in [0.25, 0.3) is 0 Å². The zero-order chi connectivity index (χ0) is 19.1. The Labute approximate surface area is 149 Å². The van der Waals surface area contributed by atoms with Crippen LogP contribution >= 0.6 is 0 Å². The molecule has 0 radical (unpaired) electrons. The first-order valence-electron chi connectivity index (χ1n) is 8.05. The van der Waals surface area contributed by atoms with Crippen LogP contribution in [0.5, 0.6) is 5.75 Å². The molecule has 138 valence electrons. The lowest BCUT2D eigenvalue weighted by Gasteiger charge is -2.15. The smallest absolute Gasteiger partial charge is 0.338 e. The van der Waals surface area contributed by atoms with Crippen LogP contribution in [0.4, 0.5) is 8.78 Å². The Kier molecular flexibility index (Phi) is 6.66. The molecule has 0 aliphatic rings. The van der Waals surface area contributed by atoms with E-state index in [4.69, 9.17) is 9.47 Å². The molecule has 0 saturated carbocycles. The zero-order valence-corrected chi connectivity index (χ0v) is 14.4. The minimum atomic E-state index is -0.760. The van der Waals surface area contributed by atoms with Crippen LogP contribution in [-0.4, -0.2) is 25.1 Å². The summed E-state index contributed by atoms with van der Waals surface area (Å²) in [6, 6.07) is 8.70.